The molecule has 0 fully saturated rings. The lowest BCUT2D eigenvalue weighted by atomic mass is 10.2. The van der Waals surface area contributed by atoms with Crippen molar-refractivity contribution < 1.29 is 19.5 Å². The molecule has 5 N–H and O–H groups in total. The van der Waals surface area contributed by atoms with Gasteiger partial charge in [0, 0.05) is 13.0 Å². The maximum absolute atomic E-state index is 11.1. The van der Waals surface area contributed by atoms with E-state index in [0.717, 1.165) is 0 Å². The lowest BCUT2D eigenvalue weighted by molar-refractivity contribution is -0.143. The molecule has 1 atom stereocenters. The first-order valence-electron chi connectivity index (χ1n) is 4.42. The number of hydrogen-bond donors (Lipinski definition) is 4. The maximum Gasteiger partial charge on any atom is 0.326 e. The number of carbonyl (C=O) groups is 3. The highest BCUT2D eigenvalue weighted by Gasteiger charge is 2.21. The Morgan fingerprint density at radius 2 is 2.00 bits per heavy atom. The summed E-state index contributed by atoms with van der Waals surface area (Å²) in [5.74, 6) is -2.47. The number of amides is 2. The van der Waals surface area contributed by atoms with Crippen molar-refractivity contribution in [3.05, 3.63) is 0 Å². The van der Waals surface area contributed by atoms with Crippen molar-refractivity contribution in [3.8, 4) is 0 Å². The predicted octanol–water partition coefficient (Wildman–Crippen LogP) is -1.96. The van der Waals surface area contributed by atoms with E-state index in [9.17, 15) is 14.4 Å². The number of nitrogens with one attached hydrogen (secondary N) is 2. The number of aliphatic carboxylic acids is 1. The molecule has 15 heavy (non-hydrogen) atoms. The molecule has 7 nitrogen and oxygen atoms in total. The van der Waals surface area contributed by atoms with E-state index < -0.39 is 30.2 Å². The van der Waals surface area contributed by atoms with Gasteiger partial charge in [-0.3, -0.25) is 9.59 Å². The summed E-state index contributed by atoms with van der Waals surface area (Å²) >= 11 is 0. The van der Waals surface area contributed by atoms with Crippen molar-refractivity contribution in [2.24, 2.45) is 5.73 Å². The average Bonchev–Trinajstić information content (AvgIpc) is 2.12. The number of hydrogen-bond acceptors (Lipinski definition) is 4. The number of rotatable bonds is 7. The second-order valence-electron chi connectivity index (χ2n) is 2.98. The van der Waals surface area contributed by atoms with E-state index in [1.807, 2.05) is 0 Å². The van der Waals surface area contributed by atoms with Crippen LogP contribution in [0.25, 0.3) is 0 Å². The molecule has 0 saturated heterocycles. The lowest BCUT2D eigenvalue weighted by Crippen LogP contribution is -2.43. The van der Waals surface area contributed by atoms with Gasteiger partial charge in [-0.05, 0) is 7.05 Å². The van der Waals surface area contributed by atoms with E-state index >= 15 is 0 Å². The van der Waals surface area contributed by atoms with Crippen LogP contribution >= 0.6 is 0 Å². The van der Waals surface area contributed by atoms with E-state index in [4.69, 9.17) is 10.8 Å². The van der Waals surface area contributed by atoms with Gasteiger partial charge in [0.05, 0.1) is 6.42 Å². The van der Waals surface area contributed by atoms with Crippen molar-refractivity contribution in [1.29, 1.82) is 0 Å². The van der Waals surface area contributed by atoms with Gasteiger partial charge >= 0.3 is 5.97 Å². The topological polar surface area (TPSA) is 122 Å². The van der Waals surface area contributed by atoms with Gasteiger partial charge in [-0.15, -0.1) is 0 Å². The van der Waals surface area contributed by atoms with Crippen LogP contribution in [0.2, 0.25) is 0 Å². The Labute approximate surface area is 87.0 Å². The summed E-state index contributed by atoms with van der Waals surface area (Å²) in [5, 5.41) is 13.6. The Hall–Kier alpha value is -1.63. The van der Waals surface area contributed by atoms with Gasteiger partial charge in [0.1, 0.15) is 6.04 Å². The van der Waals surface area contributed by atoms with Gasteiger partial charge in [-0.2, -0.15) is 0 Å². The smallest absolute Gasteiger partial charge is 0.326 e. The highest BCUT2D eigenvalue weighted by atomic mass is 16.4. The van der Waals surface area contributed by atoms with E-state index in [2.05, 4.69) is 10.6 Å². The summed E-state index contributed by atoms with van der Waals surface area (Å²) in [4.78, 5) is 32.2. The molecule has 0 aromatic heterocycles. The molecule has 0 spiro atoms. The van der Waals surface area contributed by atoms with Gasteiger partial charge in [0.15, 0.2) is 0 Å². The Morgan fingerprint density at radius 1 is 1.40 bits per heavy atom. The van der Waals surface area contributed by atoms with Crippen LogP contribution in [-0.2, 0) is 14.4 Å². The number of nitrogens with two attached hydrogens (primary N) is 1. The molecule has 0 rings (SSSR count). The zero-order chi connectivity index (χ0) is 11.8. The standard InChI is InChI=1S/C8H15N3O4/c1-10-3-2-7(13)11-5(8(14)15)4-6(9)12/h5,10H,2-4H2,1H3,(H2,9,12)(H,11,13)(H,14,15)/t5-/m1/s1. The van der Waals surface area contributed by atoms with Crippen molar-refractivity contribution in [1.82, 2.24) is 10.6 Å². The molecular formula is C8H15N3O4. The fraction of sp³-hybridized carbons (Fsp3) is 0.625. The number of carbonyl (C=O) groups excluding carboxylic acids is 2. The highest BCUT2D eigenvalue weighted by Crippen LogP contribution is 1.92. The largest absolute Gasteiger partial charge is 0.480 e. The molecule has 7 heteroatoms. The Balaban J connectivity index is 4.10. The molecule has 0 heterocycles. The predicted molar refractivity (Wildman–Crippen MR) is 51.9 cm³/mol. The van der Waals surface area contributed by atoms with Crippen molar-refractivity contribution in [2.45, 2.75) is 18.9 Å². The first-order valence-corrected chi connectivity index (χ1v) is 4.42. The summed E-state index contributed by atoms with van der Waals surface area (Å²) < 4.78 is 0. The van der Waals surface area contributed by atoms with Crippen molar-refractivity contribution in [3.63, 3.8) is 0 Å². The molecule has 0 aromatic carbocycles. The molecule has 0 saturated carbocycles. The normalized spacial score (nSPS) is 11.8. The van der Waals surface area contributed by atoms with E-state index in [1.54, 1.807) is 7.05 Å². The second-order valence-corrected chi connectivity index (χ2v) is 2.98. The Kier molecular flexibility index (Phi) is 6.03. The summed E-state index contributed by atoms with van der Waals surface area (Å²) in [6.07, 6.45) is -0.250. The van der Waals surface area contributed by atoms with Gasteiger partial charge in [-0.25, -0.2) is 4.79 Å². The average molecular weight is 217 g/mol. The fourth-order valence-corrected chi connectivity index (χ4v) is 0.906. The minimum atomic E-state index is -1.27. The molecule has 86 valence electrons. The highest BCUT2D eigenvalue weighted by molar-refractivity contribution is 5.88. The first kappa shape index (κ1) is 13.4. The van der Waals surface area contributed by atoms with Crippen LogP contribution in [0.4, 0.5) is 0 Å². The van der Waals surface area contributed by atoms with E-state index in [-0.39, 0.29) is 6.42 Å². The summed E-state index contributed by atoms with van der Waals surface area (Å²) in [6, 6.07) is -1.24. The van der Waals surface area contributed by atoms with Crippen LogP contribution in [0.15, 0.2) is 0 Å². The molecular weight excluding hydrogens is 202 g/mol. The van der Waals surface area contributed by atoms with E-state index in [0.29, 0.717) is 6.54 Å². The second kappa shape index (κ2) is 6.77. The van der Waals surface area contributed by atoms with Gasteiger partial charge in [0.25, 0.3) is 0 Å². The van der Waals surface area contributed by atoms with E-state index in [1.165, 1.54) is 0 Å². The zero-order valence-electron chi connectivity index (χ0n) is 8.45. The van der Waals surface area contributed by atoms with Gasteiger partial charge in [0.2, 0.25) is 11.8 Å². The molecule has 2 amide bonds. The van der Waals surface area contributed by atoms with Crippen LogP contribution in [0.1, 0.15) is 12.8 Å². The fourth-order valence-electron chi connectivity index (χ4n) is 0.906. The number of primary amides is 1. The number of carboxylic acid groups (broad SMARTS) is 1. The van der Waals surface area contributed by atoms with Crippen LogP contribution in [-0.4, -0.2) is 42.5 Å². The van der Waals surface area contributed by atoms with Crippen LogP contribution < -0.4 is 16.4 Å². The molecule has 0 bridgehead atoms. The lowest BCUT2D eigenvalue weighted by Gasteiger charge is -2.12. The molecule has 0 aromatic rings. The van der Waals surface area contributed by atoms with Crippen LogP contribution in [0, 0.1) is 0 Å². The Bertz CT molecular complexity index is 254. The van der Waals surface area contributed by atoms with Crippen molar-refractivity contribution >= 4 is 17.8 Å². The summed E-state index contributed by atoms with van der Waals surface area (Å²) in [5.41, 5.74) is 4.84. The van der Waals surface area contributed by atoms with Gasteiger partial charge in [-0.1, -0.05) is 0 Å². The van der Waals surface area contributed by atoms with Crippen molar-refractivity contribution in [2.75, 3.05) is 13.6 Å². The zero-order valence-corrected chi connectivity index (χ0v) is 8.45. The molecule has 0 radical (unpaired) electrons. The first-order chi connectivity index (χ1) is 6.97. The van der Waals surface area contributed by atoms with Crippen LogP contribution in [0.3, 0.4) is 0 Å². The molecule has 0 aliphatic rings. The number of carboxylic acids is 1. The quantitative estimate of drug-likeness (QED) is 0.394. The monoisotopic (exact) mass is 217 g/mol. The minimum absolute atomic E-state index is 0.152. The minimum Gasteiger partial charge on any atom is -0.480 e. The SMILES string of the molecule is CNCCC(=O)N[C@H](CC(N)=O)C(=O)O. The molecule has 0 aliphatic heterocycles. The third-order valence-electron chi connectivity index (χ3n) is 1.64. The molecule has 0 aliphatic carbocycles. The van der Waals surface area contributed by atoms with Gasteiger partial charge < -0.3 is 21.5 Å². The Morgan fingerprint density at radius 3 is 2.40 bits per heavy atom. The molecule has 0 unspecified atom stereocenters. The third kappa shape index (κ3) is 6.44. The summed E-state index contributed by atoms with van der Waals surface area (Å²) in [7, 11) is 1.67. The third-order valence-corrected chi connectivity index (χ3v) is 1.64. The van der Waals surface area contributed by atoms with Crippen LogP contribution in [0.5, 0.6) is 0 Å². The summed E-state index contributed by atoms with van der Waals surface area (Å²) in [6.45, 7) is 0.439. The maximum atomic E-state index is 11.1.